The van der Waals surface area contributed by atoms with E-state index in [2.05, 4.69) is 21.2 Å². The number of nitrogens with zero attached hydrogens (tertiary/aromatic N) is 1. The predicted molar refractivity (Wildman–Crippen MR) is 79.9 cm³/mol. The van der Waals surface area contributed by atoms with Crippen LogP contribution < -0.4 is 5.32 Å². The van der Waals surface area contributed by atoms with Gasteiger partial charge in [-0.1, -0.05) is 6.07 Å². The molecule has 0 aliphatic rings. The third-order valence-electron chi connectivity index (χ3n) is 2.86. The highest BCUT2D eigenvalue weighted by molar-refractivity contribution is 9.10. The fourth-order valence-electron chi connectivity index (χ4n) is 1.80. The molecule has 0 fully saturated rings. The summed E-state index contributed by atoms with van der Waals surface area (Å²) in [5.41, 5.74) is 0.870. The summed E-state index contributed by atoms with van der Waals surface area (Å²) in [7, 11) is 0. The van der Waals surface area contributed by atoms with Gasteiger partial charge < -0.3 is 5.32 Å². The second-order valence-electron chi connectivity index (χ2n) is 4.31. The molecule has 108 valence electrons. The van der Waals surface area contributed by atoms with Gasteiger partial charge in [0.25, 0.3) is 11.6 Å². The van der Waals surface area contributed by atoms with Crippen molar-refractivity contribution in [2.75, 3.05) is 5.32 Å². The monoisotopic (exact) mass is 352 g/mol. The number of amides is 1. The Bertz CT molecular complexity index is 734. The Labute approximate surface area is 128 Å². The zero-order valence-electron chi connectivity index (χ0n) is 10.9. The molecule has 1 N–H and O–H groups in total. The minimum absolute atomic E-state index is 0.0570. The van der Waals surface area contributed by atoms with Gasteiger partial charge in [-0.25, -0.2) is 4.39 Å². The average molecular weight is 353 g/mol. The molecule has 2 rings (SSSR count). The second-order valence-corrected chi connectivity index (χ2v) is 5.11. The number of nitrogens with one attached hydrogen (secondary N) is 1. The van der Waals surface area contributed by atoms with Gasteiger partial charge in [-0.15, -0.1) is 0 Å². The SMILES string of the molecule is Cc1cc(C(=O)Nc2cccc(F)c2Br)ccc1[N+](=O)[O-]. The molecule has 1 amide bonds. The first-order valence-electron chi connectivity index (χ1n) is 5.90. The van der Waals surface area contributed by atoms with E-state index in [9.17, 15) is 19.3 Å². The van der Waals surface area contributed by atoms with E-state index >= 15 is 0 Å². The summed E-state index contributed by atoms with van der Waals surface area (Å²) in [6.45, 7) is 1.55. The van der Waals surface area contributed by atoms with Gasteiger partial charge in [-0.2, -0.15) is 0 Å². The summed E-state index contributed by atoms with van der Waals surface area (Å²) in [5.74, 6) is -0.966. The van der Waals surface area contributed by atoms with Crippen molar-refractivity contribution in [3.05, 3.63) is 67.9 Å². The van der Waals surface area contributed by atoms with Gasteiger partial charge in [0.15, 0.2) is 0 Å². The number of carbonyl (C=O) groups is 1. The van der Waals surface area contributed by atoms with E-state index < -0.39 is 16.6 Å². The molecule has 0 heterocycles. The van der Waals surface area contributed by atoms with Crippen LogP contribution in [0.3, 0.4) is 0 Å². The van der Waals surface area contributed by atoms with E-state index in [0.717, 1.165) is 0 Å². The van der Waals surface area contributed by atoms with Crippen molar-refractivity contribution < 1.29 is 14.1 Å². The van der Waals surface area contributed by atoms with E-state index in [-0.39, 0.29) is 21.4 Å². The summed E-state index contributed by atoms with van der Waals surface area (Å²) in [5, 5.41) is 13.3. The fourth-order valence-corrected chi connectivity index (χ4v) is 2.16. The number of benzene rings is 2. The molecule has 0 saturated heterocycles. The van der Waals surface area contributed by atoms with Crippen LogP contribution in [0.1, 0.15) is 15.9 Å². The van der Waals surface area contributed by atoms with E-state index in [1.165, 1.54) is 30.3 Å². The maximum absolute atomic E-state index is 13.4. The predicted octanol–water partition coefficient (Wildman–Crippen LogP) is 4.06. The van der Waals surface area contributed by atoms with Crippen LogP contribution >= 0.6 is 15.9 Å². The molecule has 0 unspecified atom stereocenters. The topological polar surface area (TPSA) is 72.2 Å². The number of anilines is 1. The minimum atomic E-state index is -0.514. The van der Waals surface area contributed by atoms with Crippen molar-refractivity contribution in [2.45, 2.75) is 6.92 Å². The number of aryl methyl sites for hydroxylation is 1. The van der Waals surface area contributed by atoms with Crippen molar-refractivity contribution in [1.29, 1.82) is 0 Å². The number of rotatable bonds is 3. The van der Waals surface area contributed by atoms with Gasteiger partial charge in [0.2, 0.25) is 0 Å². The smallest absolute Gasteiger partial charge is 0.272 e. The zero-order chi connectivity index (χ0) is 15.6. The zero-order valence-corrected chi connectivity index (χ0v) is 12.5. The summed E-state index contributed by atoms with van der Waals surface area (Å²) in [4.78, 5) is 22.3. The average Bonchev–Trinajstić information content (AvgIpc) is 2.43. The van der Waals surface area contributed by atoms with Crippen molar-refractivity contribution in [3.8, 4) is 0 Å². The molecule has 2 aromatic rings. The molecule has 0 spiro atoms. The summed E-state index contributed by atoms with van der Waals surface area (Å²) in [6.07, 6.45) is 0. The van der Waals surface area contributed by atoms with Gasteiger partial charge >= 0.3 is 0 Å². The molecule has 0 saturated carbocycles. The molecular weight excluding hydrogens is 343 g/mol. The standard InChI is InChI=1S/C14H10BrFN2O3/c1-8-7-9(5-6-12(8)18(20)21)14(19)17-11-4-2-3-10(16)13(11)15/h2-7H,1H3,(H,17,19). The molecule has 0 bridgehead atoms. The highest BCUT2D eigenvalue weighted by Crippen LogP contribution is 2.26. The highest BCUT2D eigenvalue weighted by Gasteiger charge is 2.15. The van der Waals surface area contributed by atoms with Crippen LogP contribution in [-0.2, 0) is 0 Å². The first kappa shape index (κ1) is 15.1. The highest BCUT2D eigenvalue weighted by atomic mass is 79.9. The van der Waals surface area contributed by atoms with Gasteiger partial charge in [0, 0.05) is 17.2 Å². The van der Waals surface area contributed by atoms with Crippen LogP contribution in [-0.4, -0.2) is 10.8 Å². The second kappa shape index (κ2) is 6.01. The lowest BCUT2D eigenvalue weighted by Gasteiger charge is -2.08. The Morgan fingerprint density at radius 2 is 2.05 bits per heavy atom. The van der Waals surface area contributed by atoms with Crippen LogP contribution in [0.15, 0.2) is 40.9 Å². The molecule has 0 aliphatic carbocycles. The number of carbonyl (C=O) groups excluding carboxylic acids is 1. The molecule has 0 aromatic heterocycles. The van der Waals surface area contributed by atoms with Crippen LogP contribution in [0, 0.1) is 22.9 Å². The van der Waals surface area contributed by atoms with Gasteiger partial charge in [0.05, 0.1) is 15.1 Å². The summed E-state index contributed by atoms with van der Waals surface area (Å²) in [6, 6.07) is 8.31. The van der Waals surface area contributed by atoms with Gasteiger partial charge in [-0.3, -0.25) is 14.9 Å². The van der Waals surface area contributed by atoms with Crippen LogP contribution in [0.25, 0.3) is 0 Å². The maximum atomic E-state index is 13.4. The number of hydrogen-bond acceptors (Lipinski definition) is 3. The van der Waals surface area contributed by atoms with E-state index in [1.807, 2.05) is 0 Å². The van der Waals surface area contributed by atoms with Crippen molar-refractivity contribution in [2.24, 2.45) is 0 Å². The molecule has 0 aliphatic heterocycles. The summed E-state index contributed by atoms with van der Waals surface area (Å²) < 4.78 is 13.5. The molecule has 7 heteroatoms. The number of hydrogen-bond donors (Lipinski definition) is 1. The van der Waals surface area contributed by atoms with E-state index in [1.54, 1.807) is 13.0 Å². The fraction of sp³-hybridized carbons (Fsp3) is 0.0714. The van der Waals surface area contributed by atoms with Gasteiger partial charge in [0.1, 0.15) is 5.82 Å². The van der Waals surface area contributed by atoms with E-state index in [0.29, 0.717) is 5.56 Å². The Morgan fingerprint density at radius 1 is 1.33 bits per heavy atom. The largest absolute Gasteiger partial charge is 0.321 e. The Balaban J connectivity index is 2.27. The van der Waals surface area contributed by atoms with Crippen LogP contribution in [0.2, 0.25) is 0 Å². The molecule has 0 atom stereocenters. The lowest BCUT2D eigenvalue weighted by Crippen LogP contribution is -2.13. The number of halogens is 2. The van der Waals surface area contributed by atoms with E-state index in [4.69, 9.17) is 0 Å². The Morgan fingerprint density at radius 3 is 2.67 bits per heavy atom. The van der Waals surface area contributed by atoms with Crippen molar-refractivity contribution in [1.82, 2.24) is 0 Å². The number of nitro benzene ring substituents is 1. The first-order valence-corrected chi connectivity index (χ1v) is 6.70. The number of nitro groups is 1. The molecule has 2 aromatic carbocycles. The lowest BCUT2D eigenvalue weighted by molar-refractivity contribution is -0.385. The summed E-state index contributed by atoms with van der Waals surface area (Å²) >= 11 is 3.05. The Kier molecular flexibility index (Phi) is 4.32. The molecule has 21 heavy (non-hydrogen) atoms. The lowest BCUT2D eigenvalue weighted by atomic mass is 10.1. The third-order valence-corrected chi connectivity index (χ3v) is 3.66. The maximum Gasteiger partial charge on any atom is 0.272 e. The minimum Gasteiger partial charge on any atom is -0.321 e. The Hall–Kier alpha value is -2.28. The quantitative estimate of drug-likeness (QED) is 0.668. The van der Waals surface area contributed by atoms with Crippen LogP contribution in [0.4, 0.5) is 15.8 Å². The molecule has 5 nitrogen and oxygen atoms in total. The van der Waals surface area contributed by atoms with Crippen molar-refractivity contribution >= 4 is 33.2 Å². The van der Waals surface area contributed by atoms with Crippen LogP contribution in [0.5, 0.6) is 0 Å². The van der Waals surface area contributed by atoms with Crippen molar-refractivity contribution in [3.63, 3.8) is 0 Å². The normalized spacial score (nSPS) is 10.2. The first-order chi connectivity index (χ1) is 9.90. The third kappa shape index (κ3) is 3.25. The molecular formula is C14H10BrFN2O3. The van der Waals surface area contributed by atoms with Gasteiger partial charge in [-0.05, 0) is 47.1 Å². The molecule has 0 radical (unpaired) electrons.